The van der Waals surface area contributed by atoms with E-state index in [1.54, 1.807) is 68.4 Å². The molecule has 8 rings (SSSR count). The lowest BCUT2D eigenvalue weighted by molar-refractivity contribution is -0.318. The van der Waals surface area contributed by atoms with Crippen LogP contribution in [0.4, 0.5) is 9.18 Å². The van der Waals surface area contributed by atoms with Gasteiger partial charge in [0.2, 0.25) is 0 Å². The number of hydrogen-bond acceptors (Lipinski definition) is 19. The number of carbonyl (C=O) groups excluding carboxylic acids is 4. The van der Waals surface area contributed by atoms with Crippen LogP contribution in [0, 0.1) is 46.3 Å². The van der Waals surface area contributed by atoms with E-state index >= 15 is 4.39 Å². The van der Waals surface area contributed by atoms with Crippen LogP contribution in [-0.4, -0.2) is 208 Å². The molecule has 21 heteroatoms. The van der Waals surface area contributed by atoms with E-state index in [0.29, 0.717) is 50.8 Å². The first-order valence-electron chi connectivity index (χ1n) is 30.3. The number of nitrogens with one attached hydrogen (secondary N) is 1. The minimum absolute atomic E-state index is 0.0744. The van der Waals surface area contributed by atoms with Crippen LogP contribution in [0.5, 0.6) is 0 Å². The molecule has 8 aliphatic rings. The zero-order chi connectivity index (χ0) is 60.6. The van der Waals surface area contributed by atoms with Gasteiger partial charge in [0.05, 0.1) is 47.6 Å². The number of halogens is 1. The van der Waals surface area contributed by atoms with Gasteiger partial charge >= 0.3 is 12.1 Å². The molecule has 20 nitrogen and oxygen atoms in total. The average molecular weight is 1160 g/mol. The summed E-state index contributed by atoms with van der Waals surface area (Å²) < 4.78 is 68.2. The fourth-order valence-corrected chi connectivity index (χ4v) is 16.7. The number of nitrogens with zero attached hydrogens (tertiary/aromatic N) is 2. The number of aliphatic hydroxyl groups is 5. The SMILES string of the molecule is CC[C@H]1OC(=O)[C@H](C)[C@@H](OC2C[C@@](C)(OC)[C@@H](O)[C@H](C)O2)[C@H](C)[C@@H](OC2O[C@H](C)C[C@H](N(C)C)[C@H]2O)[C@](C)(O)C[C@@H](C)CN(CCCNC(=O)[C@@]2(O)[C@H](C)CC3C4CCC5=CC(=O)C=C[C@]5(C)[C@@]4(F)[C@@H](O)C[C@@]32C)[C@H](C)C2OC(=O)OC21. The predicted octanol–water partition coefficient (Wildman–Crippen LogP) is 4.92. The van der Waals surface area contributed by atoms with Crippen LogP contribution >= 0.6 is 0 Å². The molecule has 6 N–H and O–H groups in total. The van der Waals surface area contributed by atoms with E-state index in [4.69, 9.17) is 37.9 Å². The number of amides is 1. The van der Waals surface area contributed by atoms with Gasteiger partial charge in [-0.3, -0.25) is 19.3 Å². The zero-order valence-electron chi connectivity index (χ0n) is 51.2. The highest BCUT2D eigenvalue weighted by Gasteiger charge is 2.76. The number of aliphatic hydroxyl groups excluding tert-OH is 3. The number of carbonyl (C=O) groups is 4. The maximum Gasteiger partial charge on any atom is 0.509 e. The van der Waals surface area contributed by atoms with Gasteiger partial charge in [0, 0.05) is 67.9 Å². The van der Waals surface area contributed by atoms with Crippen molar-refractivity contribution >= 4 is 23.8 Å². The normalized spacial score (nSPS) is 49.4. The smallest absolute Gasteiger partial charge is 0.458 e. The van der Waals surface area contributed by atoms with Crippen molar-refractivity contribution in [3.8, 4) is 0 Å². The van der Waals surface area contributed by atoms with E-state index in [1.165, 1.54) is 19.3 Å². The number of ether oxygens (including phenoxy) is 8. The summed E-state index contributed by atoms with van der Waals surface area (Å²) in [6.45, 7) is 22.1. The second kappa shape index (κ2) is 24.2. The van der Waals surface area contributed by atoms with Crippen LogP contribution < -0.4 is 5.32 Å². The van der Waals surface area contributed by atoms with E-state index < -0.39 is 154 Å². The summed E-state index contributed by atoms with van der Waals surface area (Å²) in [7, 11) is 5.22. The lowest BCUT2D eigenvalue weighted by Gasteiger charge is -2.62. The molecule has 82 heavy (non-hydrogen) atoms. The molecule has 4 saturated heterocycles. The van der Waals surface area contributed by atoms with Crippen LogP contribution in [0.2, 0.25) is 0 Å². The van der Waals surface area contributed by atoms with Gasteiger partial charge in [-0.05, 0) is 144 Å². The molecule has 4 aliphatic carbocycles. The third-order valence-electron chi connectivity index (χ3n) is 21.5. The summed E-state index contributed by atoms with van der Waals surface area (Å²) in [5.74, 6) is -5.53. The predicted molar refractivity (Wildman–Crippen MR) is 297 cm³/mol. The first-order chi connectivity index (χ1) is 38.2. The summed E-state index contributed by atoms with van der Waals surface area (Å²) in [5.41, 5.74) is -8.66. The van der Waals surface area contributed by atoms with Crippen molar-refractivity contribution in [2.45, 2.75) is 249 Å². The number of alkyl halides is 1. The number of methoxy groups -OCH3 is 1. The fourth-order valence-electron chi connectivity index (χ4n) is 16.7. The minimum Gasteiger partial charge on any atom is -0.458 e. The fraction of sp³-hybridized carbons (Fsp3) is 0.869. The summed E-state index contributed by atoms with van der Waals surface area (Å²) in [5, 5.41) is 63.9. The number of hydrogen-bond donors (Lipinski definition) is 6. The van der Waals surface area contributed by atoms with Gasteiger partial charge in [0.15, 0.2) is 41.8 Å². The topological polar surface area (TPSA) is 262 Å². The van der Waals surface area contributed by atoms with Gasteiger partial charge < -0.3 is 73.6 Å². The average Bonchev–Trinajstić information content (AvgIpc) is 1.50. The number of esters is 1. The molecule has 0 bridgehead atoms. The second-order valence-electron chi connectivity index (χ2n) is 27.3. The van der Waals surface area contributed by atoms with Gasteiger partial charge in [-0.25, -0.2) is 9.18 Å². The standard InChI is InChI=1S/C61H98FN3O17/c1-16-43-49-48(80-55(72)81-49)36(7)65(23-17-22-63-54(71)61(74)32(3)24-41-40-19-18-38-26-39(66)20-21-56(38,9)60(40,62)44(67)28-57(41,61)10)30-31(2)27-58(11,73)51(82-53-46(68)42(64(13)14)25-33(4)76-53)34(5)47(35(6)52(70)78-43)79-45-29-59(12,75-15)50(69)37(8)77-45/h20-21,26,31-37,40-51,53,67-69,73-74H,16-19,22-25,27-30H2,1-15H3,(H,63,71)/t31-,32-,33-,34+,35-,36-,37+,40?,41?,42+,43-,44+,45?,46-,47+,48?,49?,50+,51-,53?,56+,57+,58-,59-,60+,61+/m1/s1. The highest BCUT2D eigenvalue weighted by Crippen LogP contribution is 2.70. The van der Waals surface area contributed by atoms with Gasteiger partial charge in [0.25, 0.3) is 5.91 Å². The molecule has 4 aliphatic heterocycles. The Morgan fingerprint density at radius 1 is 0.902 bits per heavy atom. The van der Waals surface area contributed by atoms with Crippen molar-refractivity contribution in [1.29, 1.82) is 0 Å². The zero-order valence-corrected chi connectivity index (χ0v) is 51.2. The molecule has 7 fully saturated rings. The molecule has 0 spiro atoms. The van der Waals surface area contributed by atoms with E-state index in [1.807, 2.05) is 39.8 Å². The van der Waals surface area contributed by atoms with Gasteiger partial charge in [0.1, 0.15) is 18.3 Å². The van der Waals surface area contributed by atoms with Crippen molar-refractivity contribution < 1.29 is 87.0 Å². The highest BCUT2D eigenvalue weighted by atomic mass is 19.1. The number of allylic oxidation sites excluding steroid dienone is 4. The van der Waals surface area contributed by atoms with Crippen LogP contribution in [-0.2, 0) is 52.3 Å². The molecule has 3 saturated carbocycles. The molecule has 26 atom stereocenters. The first-order valence-corrected chi connectivity index (χ1v) is 30.3. The molecule has 466 valence electrons. The third kappa shape index (κ3) is 11.4. The summed E-state index contributed by atoms with van der Waals surface area (Å²) in [4.78, 5) is 59.1. The Balaban J connectivity index is 1.07. The van der Waals surface area contributed by atoms with Gasteiger partial charge in [-0.1, -0.05) is 46.3 Å². The Kier molecular flexibility index (Phi) is 19.1. The number of cyclic esters (lactones) is 1. The molecule has 0 aromatic carbocycles. The van der Waals surface area contributed by atoms with Crippen LogP contribution in [0.1, 0.15) is 141 Å². The number of rotatable bonds is 12. The Hall–Kier alpha value is -3.19. The van der Waals surface area contributed by atoms with E-state index in [0.717, 1.165) is 0 Å². The first kappa shape index (κ1) is 64.8. The van der Waals surface area contributed by atoms with Gasteiger partial charge in [-0.15, -0.1) is 0 Å². The monoisotopic (exact) mass is 1160 g/mol. The third-order valence-corrected chi connectivity index (χ3v) is 21.5. The molecule has 0 aromatic rings. The lowest BCUT2D eigenvalue weighted by atomic mass is 9.44. The van der Waals surface area contributed by atoms with Crippen LogP contribution in [0.25, 0.3) is 0 Å². The van der Waals surface area contributed by atoms with E-state index in [-0.39, 0.29) is 56.1 Å². The molecule has 1 amide bonds. The summed E-state index contributed by atoms with van der Waals surface area (Å²) in [6, 6.07) is -0.943. The quantitative estimate of drug-likeness (QED) is 0.112. The van der Waals surface area contributed by atoms with Crippen molar-refractivity contribution in [3.63, 3.8) is 0 Å². The molecule has 4 heterocycles. The van der Waals surface area contributed by atoms with Crippen molar-refractivity contribution in [2.75, 3.05) is 40.8 Å². The number of ketones is 1. The maximum atomic E-state index is 17.9. The number of fused-ring (bicyclic) bond motifs is 6. The lowest BCUT2D eigenvalue weighted by Crippen LogP contribution is -2.70. The Morgan fingerprint density at radius 3 is 2.24 bits per heavy atom. The summed E-state index contributed by atoms with van der Waals surface area (Å²) >= 11 is 0. The molecule has 0 aromatic heterocycles. The highest BCUT2D eigenvalue weighted by molar-refractivity contribution is 6.01. The second-order valence-corrected chi connectivity index (χ2v) is 27.3. The summed E-state index contributed by atoms with van der Waals surface area (Å²) in [6.07, 6.45) is -6.47. The Morgan fingerprint density at radius 2 is 1.59 bits per heavy atom. The van der Waals surface area contributed by atoms with Crippen LogP contribution in [0.15, 0.2) is 23.8 Å². The Bertz CT molecular complexity index is 2400. The van der Waals surface area contributed by atoms with Gasteiger partial charge in [-0.2, -0.15) is 0 Å². The molecule has 0 radical (unpaired) electrons. The van der Waals surface area contributed by atoms with E-state index in [2.05, 4.69) is 10.2 Å². The Labute approximate surface area is 484 Å². The molecular weight excluding hydrogens is 1070 g/mol. The molecule has 6 unspecified atom stereocenters. The number of likely N-dealkylation sites (N-methyl/N-ethyl adjacent to an activating group) is 1. The minimum atomic E-state index is -2.12. The molecular formula is C61H98FN3O17. The van der Waals surface area contributed by atoms with E-state index in [9.17, 15) is 44.7 Å². The largest absolute Gasteiger partial charge is 0.509 e. The van der Waals surface area contributed by atoms with Crippen LogP contribution in [0.3, 0.4) is 0 Å². The van der Waals surface area contributed by atoms with Crippen molar-refractivity contribution in [1.82, 2.24) is 15.1 Å². The maximum absolute atomic E-state index is 17.9. The van der Waals surface area contributed by atoms with Crippen molar-refractivity contribution in [2.24, 2.45) is 46.3 Å². The van der Waals surface area contributed by atoms with Crippen molar-refractivity contribution in [3.05, 3.63) is 23.8 Å².